The standard InChI is InChI=1S/C22H26N2O3/c1-15(2)13-20(22(26)27-3)24-21(25)19-12-11-18(23)14-17(19)10-9-16-7-5-4-6-8-16/h4-12,14-15,20H,13,23H2,1-3H3,(H,24,25)/b10-9-/t20-/m0/s1. The summed E-state index contributed by atoms with van der Waals surface area (Å²) in [7, 11) is 1.32. The molecule has 2 aromatic carbocycles. The lowest BCUT2D eigenvalue weighted by molar-refractivity contribution is -0.143. The van der Waals surface area contributed by atoms with Gasteiger partial charge in [-0.25, -0.2) is 4.79 Å². The smallest absolute Gasteiger partial charge is 0.328 e. The second kappa shape index (κ2) is 9.57. The summed E-state index contributed by atoms with van der Waals surface area (Å²) in [4.78, 5) is 24.8. The minimum Gasteiger partial charge on any atom is -0.467 e. The van der Waals surface area contributed by atoms with Crippen molar-refractivity contribution in [3.8, 4) is 0 Å². The molecule has 0 saturated heterocycles. The molecular weight excluding hydrogens is 340 g/mol. The molecule has 0 aliphatic carbocycles. The molecule has 1 atom stereocenters. The molecule has 0 heterocycles. The Kier molecular flexibility index (Phi) is 7.17. The maximum absolute atomic E-state index is 12.8. The SMILES string of the molecule is COC(=O)[C@H](CC(C)C)NC(=O)c1ccc(N)cc1/C=C\c1ccccc1. The van der Waals surface area contributed by atoms with Gasteiger partial charge >= 0.3 is 5.97 Å². The third-order valence-electron chi connectivity index (χ3n) is 4.07. The molecule has 0 spiro atoms. The zero-order valence-electron chi connectivity index (χ0n) is 15.9. The number of nitrogen functional groups attached to an aromatic ring is 1. The van der Waals surface area contributed by atoms with Gasteiger partial charge in [0.1, 0.15) is 6.04 Å². The van der Waals surface area contributed by atoms with Crippen molar-refractivity contribution >= 4 is 29.7 Å². The molecule has 5 heteroatoms. The molecule has 0 aliphatic rings. The number of carbonyl (C=O) groups is 2. The van der Waals surface area contributed by atoms with Gasteiger partial charge in [0.25, 0.3) is 5.91 Å². The first-order valence-electron chi connectivity index (χ1n) is 8.92. The maximum Gasteiger partial charge on any atom is 0.328 e. The quantitative estimate of drug-likeness (QED) is 0.444. The van der Waals surface area contributed by atoms with Crippen LogP contribution in [-0.4, -0.2) is 25.0 Å². The van der Waals surface area contributed by atoms with E-state index in [-0.39, 0.29) is 11.8 Å². The van der Waals surface area contributed by atoms with Gasteiger partial charge in [0, 0.05) is 11.3 Å². The van der Waals surface area contributed by atoms with E-state index < -0.39 is 12.0 Å². The van der Waals surface area contributed by atoms with Crippen molar-refractivity contribution in [2.24, 2.45) is 5.92 Å². The normalized spacial score (nSPS) is 12.1. The number of esters is 1. The summed E-state index contributed by atoms with van der Waals surface area (Å²) in [6.07, 6.45) is 4.26. The van der Waals surface area contributed by atoms with Gasteiger partial charge in [0.05, 0.1) is 7.11 Å². The van der Waals surface area contributed by atoms with E-state index in [1.165, 1.54) is 7.11 Å². The lowest BCUT2D eigenvalue weighted by atomic mass is 10.0. The number of hydrogen-bond acceptors (Lipinski definition) is 4. The number of methoxy groups -OCH3 is 1. The van der Waals surface area contributed by atoms with Crippen LogP contribution in [0, 0.1) is 5.92 Å². The molecule has 0 saturated carbocycles. The number of amides is 1. The van der Waals surface area contributed by atoms with Gasteiger partial charge in [-0.1, -0.05) is 56.3 Å². The van der Waals surface area contributed by atoms with Gasteiger partial charge in [-0.15, -0.1) is 0 Å². The van der Waals surface area contributed by atoms with Crippen LogP contribution < -0.4 is 11.1 Å². The molecule has 3 N–H and O–H groups in total. The van der Waals surface area contributed by atoms with Crippen LogP contribution in [0.1, 0.15) is 41.8 Å². The van der Waals surface area contributed by atoms with Crippen molar-refractivity contribution in [3.05, 3.63) is 65.2 Å². The Morgan fingerprint density at radius 1 is 1.11 bits per heavy atom. The van der Waals surface area contributed by atoms with Gasteiger partial charge < -0.3 is 15.8 Å². The third kappa shape index (κ3) is 5.99. The number of carbonyl (C=O) groups excluding carboxylic acids is 2. The molecule has 0 fully saturated rings. The van der Waals surface area contributed by atoms with Crippen LogP contribution in [0.3, 0.4) is 0 Å². The molecule has 0 aromatic heterocycles. The van der Waals surface area contributed by atoms with Crippen LogP contribution in [0.4, 0.5) is 5.69 Å². The number of ether oxygens (including phenoxy) is 1. The third-order valence-corrected chi connectivity index (χ3v) is 4.07. The summed E-state index contributed by atoms with van der Waals surface area (Å²) in [5.74, 6) is -0.550. The number of nitrogens with one attached hydrogen (secondary N) is 1. The van der Waals surface area contributed by atoms with Crippen molar-refractivity contribution in [1.29, 1.82) is 0 Å². The zero-order chi connectivity index (χ0) is 19.8. The second-order valence-electron chi connectivity index (χ2n) is 6.77. The van der Waals surface area contributed by atoms with Crippen LogP contribution in [0.2, 0.25) is 0 Å². The van der Waals surface area contributed by atoms with Crippen LogP contribution in [-0.2, 0) is 9.53 Å². The summed E-state index contributed by atoms with van der Waals surface area (Å²) >= 11 is 0. The second-order valence-corrected chi connectivity index (χ2v) is 6.77. The summed E-state index contributed by atoms with van der Waals surface area (Å²) in [5.41, 5.74) is 8.60. The lowest BCUT2D eigenvalue weighted by Gasteiger charge is -2.19. The fraction of sp³-hybridized carbons (Fsp3) is 0.273. The van der Waals surface area contributed by atoms with E-state index in [2.05, 4.69) is 5.32 Å². The predicted molar refractivity (Wildman–Crippen MR) is 109 cm³/mol. The van der Waals surface area contributed by atoms with Crippen LogP contribution in [0.25, 0.3) is 12.2 Å². The first kappa shape index (κ1) is 20.2. The summed E-state index contributed by atoms with van der Waals surface area (Å²) in [6, 6.07) is 14.2. The molecule has 0 aliphatic heterocycles. The molecule has 0 unspecified atom stereocenters. The predicted octanol–water partition coefficient (Wildman–Crippen LogP) is 3.76. The van der Waals surface area contributed by atoms with Crippen molar-refractivity contribution in [2.45, 2.75) is 26.3 Å². The summed E-state index contributed by atoms with van der Waals surface area (Å²) < 4.78 is 4.82. The van der Waals surface area contributed by atoms with E-state index in [0.717, 1.165) is 5.56 Å². The van der Waals surface area contributed by atoms with E-state index in [0.29, 0.717) is 23.2 Å². The van der Waals surface area contributed by atoms with Crippen LogP contribution >= 0.6 is 0 Å². The Morgan fingerprint density at radius 2 is 1.81 bits per heavy atom. The van der Waals surface area contributed by atoms with Gasteiger partial charge in [-0.3, -0.25) is 4.79 Å². The Hall–Kier alpha value is -3.08. The fourth-order valence-corrected chi connectivity index (χ4v) is 2.74. The Bertz CT molecular complexity index is 814. The van der Waals surface area contributed by atoms with E-state index in [9.17, 15) is 9.59 Å². The zero-order valence-corrected chi connectivity index (χ0v) is 15.9. The monoisotopic (exact) mass is 366 g/mol. The van der Waals surface area contributed by atoms with Crippen LogP contribution in [0.5, 0.6) is 0 Å². The van der Waals surface area contributed by atoms with Crippen molar-refractivity contribution in [1.82, 2.24) is 5.32 Å². The van der Waals surface area contributed by atoms with Gasteiger partial charge in [0.15, 0.2) is 0 Å². The van der Waals surface area contributed by atoms with Gasteiger partial charge in [0.2, 0.25) is 0 Å². The van der Waals surface area contributed by atoms with Crippen molar-refractivity contribution in [2.75, 3.05) is 12.8 Å². The first-order valence-corrected chi connectivity index (χ1v) is 8.92. The molecule has 27 heavy (non-hydrogen) atoms. The average Bonchev–Trinajstić information content (AvgIpc) is 2.65. The van der Waals surface area contributed by atoms with E-state index in [1.54, 1.807) is 18.2 Å². The highest BCUT2D eigenvalue weighted by Gasteiger charge is 2.24. The first-order chi connectivity index (χ1) is 12.9. The average molecular weight is 366 g/mol. The molecule has 0 bridgehead atoms. The Morgan fingerprint density at radius 3 is 2.44 bits per heavy atom. The highest BCUT2D eigenvalue weighted by atomic mass is 16.5. The lowest BCUT2D eigenvalue weighted by Crippen LogP contribution is -2.42. The Balaban J connectivity index is 2.27. The minimum atomic E-state index is -0.689. The summed E-state index contributed by atoms with van der Waals surface area (Å²) in [5, 5.41) is 2.79. The Labute approximate surface area is 160 Å². The molecule has 0 radical (unpaired) electrons. The fourth-order valence-electron chi connectivity index (χ4n) is 2.74. The molecular formula is C22H26N2O3. The van der Waals surface area contributed by atoms with Crippen molar-refractivity contribution < 1.29 is 14.3 Å². The molecule has 142 valence electrons. The maximum atomic E-state index is 12.8. The molecule has 5 nitrogen and oxygen atoms in total. The minimum absolute atomic E-state index is 0.235. The van der Waals surface area contributed by atoms with Crippen molar-refractivity contribution in [3.63, 3.8) is 0 Å². The molecule has 2 aromatic rings. The number of hydrogen-bond donors (Lipinski definition) is 2. The summed E-state index contributed by atoms with van der Waals surface area (Å²) in [6.45, 7) is 3.97. The van der Waals surface area contributed by atoms with E-state index in [4.69, 9.17) is 10.5 Å². The topological polar surface area (TPSA) is 81.4 Å². The molecule has 2 rings (SSSR count). The highest BCUT2D eigenvalue weighted by Crippen LogP contribution is 2.18. The van der Waals surface area contributed by atoms with Crippen LogP contribution in [0.15, 0.2) is 48.5 Å². The number of anilines is 1. The largest absolute Gasteiger partial charge is 0.467 e. The van der Waals surface area contributed by atoms with Gasteiger partial charge in [-0.2, -0.15) is 0 Å². The molecule has 1 amide bonds. The number of nitrogens with two attached hydrogens (primary N) is 1. The number of rotatable bonds is 7. The van der Waals surface area contributed by atoms with E-state index in [1.807, 2.05) is 56.3 Å². The highest BCUT2D eigenvalue weighted by molar-refractivity contribution is 6.01. The van der Waals surface area contributed by atoms with E-state index >= 15 is 0 Å². The number of benzene rings is 2. The van der Waals surface area contributed by atoms with Gasteiger partial charge in [-0.05, 0) is 41.7 Å².